The lowest BCUT2D eigenvalue weighted by Crippen LogP contribution is -2.25. The second-order valence-electron chi connectivity index (χ2n) is 4.25. The third kappa shape index (κ3) is 2.63. The maximum Gasteiger partial charge on any atom is 0.117 e. The zero-order valence-electron chi connectivity index (χ0n) is 8.87. The zero-order chi connectivity index (χ0) is 10.7. The molecule has 3 nitrogen and oxygen atoms in total. The summed E-state index contributed by atoms with van der Waals surface area (Å²) < 4.78 is 0. The van der Waals surface area contributed by atoms with E-state index in [0.717, 1.165) is 12.1 Å². The molecule has 0 bridgehead atoms. The summed E-state index contributed by atoms with van der Waals surface area (Å²) in [6.45, 7) is 0.802. The highest BCUT2D eigenvalue weighted by Gasteiger charge is 2.14. The van der Waals surface area contributed by atoms with Crippen molar-refractivity contribution in [2.45, 2.75) is 38.3 Å². The van der Waals surface area contributed by atoms with Crippen molar-refractivity contribution in [2.75, 3.05) is 5.73 Å². The average Bonchev–Trinajstić information content (AvgIpc) is 2.69. The first-order chi connectivity index (χ1) is 7.25. The predicted molar refractivity (Wildman–Crippen MR) is 61.6 cm³/mol. The number of aromatic hydroxyl groups is 1. The smallest absolute Gasteiger partial charge is 0.117 e. The Kier molecular flexibility index (Phi) is 3.11. The third-order valence-electron chi connectivity index (χ3n) is 3.07. The van der Waals surface area contributed by atoms with E-state index in [9.17, 15) is 5.11 Å². The van der Waals surface area contributed by atoms with E-state index in [1.165, 1.54) is 25.7 Å². The summed E-state index contributed by atoms with van der Waals surface area (Å²) in [6, 6.07) is 5.82. The van der Waals surface area contributed by atoms with Gasteiger partial charge in [-0.15, -0.1) is 0 Å². The SMILES string of the molecule is Nc1cc(O)ccc1CNC1CCCC1. The molecular formula is C12H18N2O. The lowest BCUT2D eigenvalue weighted by atomic mass is 10.1. The fourth-order valence-electron chi connectivity index (χ4n) is 2.13. The topological polar surface area (TPSA) is 58.3 Å². The Bertz CT molecular complexity index is 332. The standard InChI is InChI=1S/C12H18N2O/c13-12-7-11(15)6-5-9(12)8-14-10-3-1-2-4-10/h5-7,10,14-15H,1-4,8,13H2. The first kappa shape index (κ1) is 10.3. The van der Waals surface area contributed by atoms with E-state index < -0.39 is 0 Å². The fourth-order valence-corrected chi connectivity index (χ4v) is 2.13. The van der Waals surface area contributed by atoms with Crippen molar-refractivity contribution in [1.82, 2.24) is 5.32 Å². The van der Waals surface area contributed by atoms with Crippen LogP contribution in [-0.4, -0.2) is 11.1 Å². The van der Waals surface area contributed by atoms with Gasteiger partial charge < -0.3 is 16.2 Å². The van der Waals surface area contributed by atoms with E-state index in [-0.39, 0.29) is 5.75 Å². The summed E-state index contributed by atoms with van der Waals surface area (Å²) >= 11 is 0. The fraction of sp³-hybridized carbons (Fsp3) is 0.500. The largest absolute Gasteiger partial charge is 0.508 e. The van der Waals surface area contributed by atoms with E-state index in [2.05, 4.69) is 5.32 Å². The van der Waals surface area contributed by atoms with Crippen LogP contribution in [0.15, 0.2) is 18.2 Å². The van der Waals surface area contributed by atoms with Gasteiger partial charge in [-0.2, -0.15) is 0 Å². The molecule has 0 aromatic heterocycles. The van der Waals surface area contributed by atoms with Gasteiger partial charge in [0.15, 0.2) is 0 Å². The Morgan fingerprint density at radius 1 is 1.33 bits per heavy atom. The van der Waals surface area contributed by atoms with Gasteiger partial charge in [-0.25, -0.2) is 0 Å². The molecule has 3 heteroatoms. The van der Waals surface area contributed by atoms with Crippen LogP contribution in [0, 0.1) is 0 Å². The summed E-state index contributed by atoms with van der Waals surface area (Å²) in [5.74, 6) is 0.233. The van der Waals surface area contributed by atoms with Crippen LogP contribution < -0.4 is 11.1 Å². The minimum atomic E-state index is 0.233. The maximum absolute atomic E-state index is 9.22. The number of nitrogens with two attached hydrogens (primary N) is 1. The van der Waals surface area contributed by atoms with Crippen molar-refractivity contribution in [1.29, 1.82) is 0 Å². The molecule has 0 unspecified atom stereocenters. The van der Waals surface area contributed by atoms with E-state index in [4.69, 9.17) is 5.73 Å². The quantitative estimate of drug-likeness (QED) is 0.663. The number of rotatable bonds is 3. The number of hydrogen-bond donors (Lipinski definition) is 3. The average molecular weight is 206 g/mol. The number of nitrogens with one attached hydrogen (secondary N) is 1. The van der Waals surface area contributed by atoms with Gasteiger partial charge in [0.2, 0.25) is 0 Å². The predicted octanol–water partition coefficient (Wildman–Crippen LogP) is 2.01. The Hall–Kier alpha value is -1.22. The van der Waals surface area contributed by atoms with E-state index >= 15 is 0 Å². The van der Waals surface area contributed by atoms with E-state index in [1.54, 1.807) is 12.1 Å². The number of hydrogen-bond acceptors (Lipinski definition) is 3. The second kappa shape index (κ2) is 4.53. The maximum atomic E-state index is 9.22. The van der Waals surface area contributed by atoms with Gasteiger partial charge >= 0.3 is 0 Å². The van der Waals surface area contributed by atoms with Gasteiger partial charge in [0.25, 0.3) is 0 Å². The van der Waals surface area contributed by atoms with Crippen molar-refractivity contribution in [3.05, 3.63) is 23.8 Å². The summed E-state index contributed by atoms with van der Waals surface area (Å²) in [6.07, 6.45) is 5.22. The molecule has 0 radical (unpaired) electrons. The highest BCUT2D eigenvalue weighted by atomic mass is 16.3. The third-order valence-corrected chi connectivity index (χ3v) is 3.07. The van der Waals surface area contributed by atoms with Crippen molar-refractivity contribution < 1.29 is 5.11 Å². The monoisotopic (exact) mass is 206 g/mol. The lowest BCUT2D eigenvalue weighted by molar-refractivity contribution is 0.475. The van der Waals surface area contributed by atoms with Crippen LogP contribution in [-0.2, 0) is 6.54 Å². The molecule has 1 saturated carbocycles. The lowest BCUT2D eigenvalue weighted by Gasteiger charge is -2.13. The van der Waals surface area contributed by atoms with Crippen LogP contribution in [0.1, 0.15) is 31.2 Å². The van der Waals surface area contributed by atoms with E-state index in [0.29, 0.717) is 11.7 Å². The summed E-state index contributed by atoms with van der Waals surface area (Å²) in [5.41, 5.74) is 7.54. The van der Waals surface area contributed by atoms with Gasteiger partial charge in [-0.3, -0.25) is 0 Å². The highest BCUT2D eigenvalue weighted by molar-refractivity contribution is 5.50. The molecule has 2 rings (SSSR count). The Morgan fingerprint density at radius 2 is 2.07 bits per heavy atom. The number of benzene rings is 1. The Morgan fingerprint density at radius 3 is 2.73 bits per heavy atom. The molecule has 0 aliphatic heterocycles. The van der Waals surface area contributed by atoms with Crippen LogP contribution in [0.3, 0.4) is 0 Å². The number of nitrogen functional groups attached to an aromatic ring is 1. The summed E-state index contributed by atoms with van der Waals surface area (Å²) in [7, 11) is 0. The molecule has 1 aromatic rings. The molecule has 0 heterocycles. The molecule has 0 saturated heterocycles. The zero-order valence-corrected chi connectivity index (χ0v) is 8.87. The molecule has 1 aliphatic carbocycles. The van der Waals surface area contributed by atoms with Crippen LogP contribution in [0.4, 0.5) is 5.69 Å². The molecule has 0 amide bonds. The van der Waals surface area contributed by atoms with Crippen molar-refractivity contribution in [2.24, 2.45) is 0 Å². The number of phenolic OH excluding ortho intramolecular Hbond substituents is 1. The first-order valence-corrected chi connectivity index (χ1v) is 5.56. The van der Waals surface area contributed by atoms with Crippen LogP contribution in [0.5, 0.6) is 5.75 Å². The highest BCUT2D eigenvalue weighted by Crippen LogP contribution is 2.21. The van der Waals surface area contributed by atoms with Gasteiger partial charge in [0, 0.05) is 24.3 Å². The number of anilines is 1. The second-order valence-corrected chi connectivity index (χ2v) is 4.25. The summed E-state index contributed by atoms with van der Waals surface area (Å²) in [5, 5.41) is 12.7. The first-order valence-electron chi connectivity index (χ1n) is 5.56. The molecule has 1 aliphatic rings. The Labute approximate surface area is 90.3 Å². The molecule has 0 spiro atoms. The molecule has 1 fully saturated rings. The van der Waals surface area contributed by atoms with Gasteiger partial charge in [-0.05, 0) is 24.5 Å². The van der Waals surface area contributed by atoms with Gasteiger partial charge in [0.05, 0.1) is 0 Å². The van der Waals surface area contributed by atoms with Crippen LogP contribution in [0.25, 0.3) is 0 Å². The van der Waals surface area contributed by atoms with Crippen LogP contribution >= 0.6 is 0 Å². The molecule has 4 N–H and O–H groups in total. The van der Waals surface area contributed by atoms with Crippen LogP contribution in [0.2, 0.25) is 0 Å². The summed E-state index contributed by atoms with van der Waals surface area (Å²) in [4.78, 5) is 0. The van der Waals surface area contributed by atoms with E-state index in [1.807, 2.05) is 6.07 Å². The normalized spacial score (nSPS) is 17.1. The van der Waals surface area contributed by atoms with Crippen molar-refractivity contribution in [3.63, 3.8) is 0 Å². The van der Waals surface area contributed by atoms with Crippen molar-refractivity contribution in [3.8, 4) is 5.75 Å². The molecule has 82 valence electrons. The van der Waals surface area contributed by atoms with Crippen molar-refractivity contribution >= 4 is 5.69 Å². The molecule has 1 aromatic carbocycles. The minimum Gasteiger partial charge on any atom is -0.508 e. The minimum absolute atomic E-state index is 0.233. The number of phenols is 1. The van der Waals surface area contributed by atoms with Gasteiger partial charge in [0.1, 0.15) is 5.75 Å². The molecule has 0 atom stereocenters. The molecule has 15 heavy (non-hydrogen) atoms. The van der Waals surface area contributed by atoms with Gasteiger partial charge in [-0.1, -0.05) is 18.9 Å². The Balaban J connectivity index is 1.92. The molecular weight excluding hydrogens is 188 g/mol.